The molecule has 0 radical (unpaired) electrons. The molecule has 2 atom stereocenters. The van der Waals surface area contributed by atoms with Gasteiger partial charge in [-0.15, -0.1) is 11.3 Å². The molecule has 0 saturated carbocycles. The molecule has 2 aliphatic rings. The first kappa shape index (κ1) is 16.8. The highest BCUT2D eigenvalue weighted by Gasteiger charge is 2.47. The Labute approximate surface area is 141 Å². The molecule has 1 aromatic heterocycles. The molecule has 23 heavy (non-hydrogen) atoms. The van der Waals surface area contributed by atoms with E-state index >= 15 is 0 Å². The summed E-state index contributed by atoms with van der Waals surface area (Å²) < 4.78 is 12.0. The molecule has 2 fully saturated rings. The predicted octanol–water partition coefficient (Wildman–Crippen LogP) is 1.29. The van der Waals surface area contributed by atoms with E-state index in [9.17, 15) is 4.79 Å². The summed E-state index contributed by atoms with van der Waals surface area (Å²) in [6.45, 7) is 5.08. The van der Waals surface area contributed by atoms with Gasteiger partial charge in [0.05, 0.1) is 42.2 Å². The SMILES string of the molecule is Cc1nc(CO[C@H]2CO[C@@]3(CCN(C(=O)CN(C)C)C3)C2)cs1. The highest BCUT2D eigenvalue weighted by molar-refractivity contribution is 7.09. The van der Waals surface area contributed by atoms with Gasteiger partial charge in [-0.05, 0) is 27.4 Å². The highest BCUT2D eigenvalue weighted by Crippen LogP contribution is 2.36. The number of aromatic nitrogens is 1. The fraction of sp³-hybridized carbons (Fsp3) is 0.750. The smallest absolute Gasteiger partial charge is 0.236 e. The summed E-state index contributed by atoms with van der Waals surface area (Å²) in [6, 6.07) is 0. The maximum atomic E-state index is 12.2. The average molecular weight is 339 g/mol. The molecule has 7 heteroatoms. The third-order valence-corrected chi connectivity index (χ3v) is 5.25. The van der Waals surface area contributed by atoms with Crippen molar-refractivity contribution in [3.05, 3.63) is 16.1 Å². The molecule has 128 valence electrons. The lowest BCUT2D eigenvalue weighted by atomic mass is 9.98. The number of hydrogen-bond acceptors (Lipinski definition) is 6. The summed E-state index contributed by atoms with van der Waals surface area (Å²) in [7, 11) is 3.83. The zero-order valence-corrected chi connectivity index (χ0v) is 14.9. The third kappa shape index (κ3) is 4.09. The van der Waals surface area contributed by atoms with E-state index in [1.807, 2.05) is 36.2 Å². The van der Waals surface area contributed by atoms with Gasteiger partial charge in [-0.3, -0.25) is 4.79 Å². The van der Waals surface area contributed by atoms with E-state index in [0.29, 0.717) is 26.3 Å². The molecule has 2 aliphatic heterocycles. The molecule has 0 N–H and O–H groups in total. The van der Waals surface area contributed by atoms with Crippen LogP contribution in [0, 0.1) is 6.92 Å². The topological polar surface area (TPSA) is 54.9 Å². The van der Waals surface area contributed by atoms with E-state index in [4.69, 9.17) is 9.47 Å². The number of thiazole rings is 1. The standard InChI is InChI=1S/C16H25N3O3S/c1-12-17-13(10-23-12)8-21-14-6-16(22-9-14)4-5-19(11-16)15(20)7-18(2)3/h10,14H,4-9,11H2,1-3H3/t14-,16+/m1/s1. The molecule has 0 aromatic carbocycles. The quantitative estimate of drug-likeness (QED) is 0.809. The minimum Gasteiger partial charge on any atom is -0.370 e. The van der Waals surface area contributed by atoms with Gasteiger partial charge in [-0.25, -0.2) is 4.98 Å². The van der Waals surface area contributed by atoms with E-state index in [1.165, 1.54) is 0 Å². The zero-order valence-electron chi connectivity index (χ0n) is 14.1. The Hall–Kier alpha value is -1.02. The zero-order chi connectivity index (χ0) is 16.4. The van der Waals surface area contributed by atoms with E-state index in [1.54, 1.807) is 11.3 Å². The van der Waals surface area contributed by atoms with Crippen LogP contribution in [0.15, 0.2) is 5.38 Å². The lowest BCUT2D eigenvalue weighted by molar-refractivity contribution is -0.131. The number of amides is 1. The maximum absolute atomic E-state index is 12.2. The Morgan fingerprint density at radius 3 is 3.13 bits per heavy atom. The first-order valence-electron chi connectivity index (χ1n) is 8.05. The molecule has 3 rings (SSSR count). The van der Waals surface area contributed by atoms with Crippen LogP contribution < -0.4 is 0 Å². The van der Waals surface area contributed by atoms with Gasteiger partial charge in [-0.1, -0.05) is 0 Å². The van der Waals surface area contributed by atoms with Crippen molar-refractivity contribution in [1.82, 2.24) is 14.8 Å². The number of likely N-dealkylation sites (tertiary alicyclic amines) is 1. The lowest BCUT2D eigenvalue weighted by Gasteiger charge is -2.24. The molecule has 1 aromatic rings. The highest BCUT2D eigenvalue weighted by atomic mass is 32.1. The van der Waals surface area contributed by atoms with Crippen LogP contribution in [0.3, 0.4) is 0 Å². The lowest BCUT2D eigenvalue weighted by Crippen LogP contribution is -2.39. The Morgan fingerprint density at radius 1 is 1.61 bits per heavy atom. The second kappa shape index (κ2) is 6.84. The Morgan fingerprint density at radius 2 is 2.43 bits per heavy atom. The predicted molar refractivity (Wildman–Crippen MR) is 88.5 cm³/mol. The van der Waals surface area contributed by atoms with Crippen LogP contribution in [0.2, 0.25) is 0 Å². The minimum atomic E-state index is -0.204. The summed E-state index contributed by atoms with van der Waals surface area (Å²) >= 11 is 1.64. The van der Waals surface area contributed by atoms with Crippen molar-refractivity contribution in [2.24, 2.45) is 0 Å². The van der Waals surface area contributed by atoms with Crippen LogP contribution in [-0.2, 0) is 20.9 Å². The Balaban J connectivity index is 1.48. The van der Waals surface area contributed by atoms with Gasteiger partial charge in [0, 0.05) is 24.9 Å². The van der Waals surface area contributed by atoms with Gasteiger partial charge < -0.3 is 19.3 Å². The van der Waals surface area contributed by atoms with Crippen molar-refractivity contribution in [3.8, 4) is 0 Å². The number of carbonyl (C=O) groups excluding carboxylic acids is 1. The molecule has 6 nitrogen and oxygen atoms in total. The van der Waals surface area contributed by atoms with Gasteiger partial charge >= 0.3 is 0 Å². The molecular formula is C16H25N3O3S. The summed E-state index contributed by atoms with van der Waals surface area (Å²) in [5.74, 6) is 0.179. The third-order valence-electron chi connectivity index (χ3n) is 4.43. The van der Waals surface area contributed by atoms with Gasteiger partial charge in [-0.2, -0.15) is 0 Å². The van der Waals surface area contributed by atoms with Crippen molar-refractivity contribution in [2.45, 2.75) is 38.1 Å². The molecule has 2 saturated heterocycles. The Bertz CT molecular complexity index is 563. The van der Waals surface area contributed by atoms with E-state index in [-0.39, 0.29) is 17.6 Å². The van der Waals surface area contributed by atoms with Crippen LogP contribution in [0.1, 0.15) is 23.5 Å². The number of hydrogen-bond donors (Lipinski definition) is 0. The first-order valence-corrected chi connectivity index (χ1v) is 8.93. The van der Waals surface area contributed by atoms with Crippen molar-refractivity contribution in [2.75, 3.05) is 40.3 Å². The second-order valence-electron chi connectivity index (χ2n) is 6.79. The van der Waals surface area contributed by atoms with E-state index in [2.05, 4.69) is 4.98 Å². The van der Waals surface area contributed by atoms with E-state index < -0.39 is 0 Å². The molecule has 0 aliphatic carbocycles. The molecule has 0 bridgehead atoms. The van der Waals surface area contributed by atoms with Gasteiger partial charge in [0.25, 0.3) is 0 Å². The minimum absolute atomic E-state index is 0.0981. The maximum Gasteiger partial charge on any atom is 0.236 e. The normalized spacial score (nSPS) is 27.5. The van der Waals surface area contributed by atoms with Crippen molar-refractivity contribution in [1.29, 1.82) is 0 Å². The number of ether oxygens (including phenoxy) is 2. The largest absolute Gasteiger partial charge is 0.370 e. The summed E-state index contributed by atoms with van der Waals surface area (Å²) in [5, 5.41) is 3.10. The number of rotatable bonds is 5. The number of likely N-dealkylation sites (N-methyl/N-ethyl adjacent to an activating group) is 1. The molecule has 1 spiro atoms. The van der Waals surface area contributed by atoms with Crippen molar-refractivity contribution >= 4 is 17.2 Å². The van der Waals surface area contributed by atoms with Crippen LogP contribution in [-0.4, -0.2) is 72.7 Å². The van der Waals surface area contributed by atoms with Crippen LogP contribution in [0.5, 0.6) is 0 Å². The second-order valence-corrected chi connectivity index (χ2v) is 7.85. The summed E-state index contributed by atoms with van der Waals surface area (Å²) in [6.07, 6.45) is 1.87. The van der Waals surface area contributed by atoms with Gasteiger partial charge in [0.15, 0.2) is 0 Å². The Kier molecular flexibility index (Phi) is 5.01. The van der Waals surface area contributed by atoms with Gasteiger partial charge in [0.2, 0.25) is 5.91 Å². The van der Waals surface area contributed by atoms with Crippen LogP contribution in [0.4, 0.5) is 0 Å². The molecule has 3 heterocycles. The number of aryl methyl sites for hydroxylation is 1. The molecule has 0 unspecified atom stereocenters. The van der Waals surface area contributed by atoms with Gasteiger partial charge in [0.1, 0.15) is 0 Å². The van der Waals surface area contributed by atoms with Crippen molar-refractivity contribution in [3.63, 3.8) is 0 Å². The van der Waals surface area contributed by atoms with Crippen molar-refractivity contribution < 1.29 is 14.3 Å². The van der Waals surface area contributed by atoms with Crippen LogP contribution >= 0.6 is 11.3 Å². The molecular weight excluding hydrogens is 314 g/mol. The van der Waals surface area contributed by atoms with Crippen LogP contribution in [0.25, 0.3) is 0 Å². The first-order chi connectivity index (χ1) is 11.0. The fourth-order valence-electron chi connectivity index (χ4n) is 3.30. The summed E-state index contributed by atoms with van der Waals surface area (Å²) in [5.41, 5.74) is 0.785. The molecule has 1 amide bonds. The summed E-state index contributed by atoms with van der Waals surface area (Å²) in [4.78, 5) is 20.4. The monoisotopic (exact) mass is 339 g/mol. The number of carbonyl (C=O) groups is 1. The average Bonchev–Trinajstić information content (AvgIpc) is 3.18. The number of nitrogens with zero attached hydrogens (tertiary/aromatic N) is 3. The van der Waals surface area contributed by atoms with E-state index in [0.717, 1.165) is 30.1 Å². The fourth-order valence-corrected chi connectivity index (χ4v) is 3.90.